The molecular formula is C21H31NO3S. The van der Waals surface area contributed by atoms with E-state index in [-0.39, 0.29) is 28.8 Å². The van der Waals surface area contributed by atoms with Gasteiger partial charge in [0.25, 0.3) is 5.91 Å². The topological polar surface area (TPSA) is 46.6 Å². The van der Waals surface area contributed by atoms with E-state index in [9.17, 15) is 9.59 Å². The van der Waals surface area contributed by atoms with E-state index in [1.807, 2.05) is 38.1 Å². The lowest BCUT2D eigenvalue weighted by atomic mass is 9.86. The Morgan fingerprint density at radius 3 is 2.35 bits per heavy atom. The van der Waals surface area contributed by atoms with E-state index in [0.717, 1.165) is 12.8 Å². The van der Waals surface area contributed by atoms with Crippen LogP contribution < -0.4 is 0 Å². The Morgan fingerprint density at radius 2 is 1.85 bits per heavy atom. The second kappa shape index (κ2) is 8.47. The van der Waals surface area contributed by atoms with Gasteiger partial charge in [0.15, 0.2) is 0 Å². The number of ether oxygens (including phenoxy) is 1. The summed E-state index contributed by atoms with van der Waals surface area (Å²) in [4.78, 5) is 27.4. The summed E-state index contributed by atoms with van der Waals surface area (Å²) in [5, 5.41) is 0.0273. The molecule has 1 heterocycles. The predicted octanol–water partition coefficient (Wildman–Crippen LogP) is 4.62. The number of carbonyl (C=O) groups is 2. The first kappa shape index (κ1) is 20.8. The molecule has 0 spiro atoms. The predicted molar refractivity (Wildman–Crippen MR) is 107 cm³/mol. The number of esters is 1. The molecule has 0 aromatic heterocycles. The SMILES string of the molecule is CCC[C@H]1SC[C@@H](C(=O)OC(C)C)N1C(=O)c1ccc(C(C)(C)C)cc1. The van der Waals surface area contributed by atoms with E-state index in [4.69, 9.17) is 4.74 Å². The van der Waals surface area contributed by atoms with Crippen LogP contribution in [-0.4, -0.2) is 40.0 Å². The molecule has 0 N–H and O–H groups in total. The van der Waals surface area contributed by atoms with E-state index in [1.165, 1.54) is 5.56 Å². The van der Waals surface area contributed by atoms with Gasteiger partial charge in [0.05, 0.1) is 11.5 Å². The van der Waals surface area contributed by atoms with Crippen LogP contribution in [0.2, 0.25) is 0 Å². The summed E-state index contributed by atoms with van der Waals surface area (Å²) in [6.45, 7) is 12.2. The Balaban J connectivity index is 2.26. The number of hydrogen-bond acceptors (Lipinski definition) is 4. The smallest absolute Gasteiger partial charge is 0.330 e. The van der Waals surface area contributed by atoms with Crippen LogP contribution in [0.25, 0.3) is 0 Å². The van der Waals surface area contributed by atoms with Gasteiger partial charge >= 0.3 is 5.97 Å². The maximum absolute atomic E-state index is 13.2. The molecule has 0 unspecified atom stereocenters. The average Bonchev–Trinajstić information content (AvgIpc) is 2.97. The number of thioether (sulfide) groups is 1. The van der Waals surface area contributed by atoms with Gasteiger partial charge in [0.1, 0.15) is 6.04 Å². The highest BCUT2D eigenvalue weighted by Gasteiger charge is 2.42. The average molecular weight is 378 g/mol. The second-order valence-corrected chi connectivity index (χ2v) is 9.33. The quantitative estimate of drug-likeness (QED) is 0.703. The zero-order chi connectivity index (χ0) is 19.5. The van der Waals surface area contributed by atoms with Gasteiger partial charge < -0.3 is 9.64 Å². The van der Waals surface area contributed by atoms with Crippen molar-refractivity contribution in [3.63, 3.8) is 0 Å². The summed E-state index contributed by atoms with van der Waals surface area (Å²) in [5.41, 5.74) is 1.86. The highest BCUT2D eigenvalue weighted by atomic mass is 32.2. The van der Waals surface area contributed by atoms with E-state index in [1.54, 1.807) is 16.7 Å². The number of benzene rings is 1. The number of carbonyl (C=O) groups excluding carboxylic acids is 2. The van der Waals surface area contributed by atoms with Crippen molar-refractivity contribution in [2.24, 2.45) is 0 Å². The first-order valence-corrected chi connectivity index (χ1v) is 10.4. The Bertz CT molecular complexity index is 634. The van der Waals surface area contributed by atoms with Crippen LogP contribution in [0, 0.1) is 0 Å². The van der Waals surface area contributed by atoms with Crippen molar-refractivity contribution in [2.75, 3.05) is 5.75 Å². The molecule has 0 aliphatic carbocycles. The van der Waals surface area contributed by atoms with Crippen molar-refractivity contribution in [1.29, 1.82) is 0 Å². The minimum absolute atomic E-state index is 0.0273. The van der Waals surface area contributed by atoms with Gasteiger partial charge in [-0.15, -0.1) is 11.8 Å². The third-order valence-corrected chi connectivity index (χ3v) is 5.84. The van der Waals surface area contributed by atoms with E-state index < -0.39 is 6.04 Å². The van der Waals surface area contributed by atoms with E-state index in [2.05, 4.69) is 27.7 Å². The highest BCUT2D eigenvalue weighted by Crippen LogP contribution is 2.34. The molecule has 1 amide bonds. The van der Waals surface area contributed by atoms with Crippen LogP contribution in [0.1, 0.15) is 70.3 Å². The molecule has 1 fully saturated rings. The third-order valence-electron chi connectivity index (χ3n) is 4.48. The Kier molecular flexibility index (Phi) is 6.78. The molecule has 1 aromatic carbocycles. The summed E-state index contributed by atoms with van der Waals surface area (Å²) in [6.07, 6.45) is 1.67. The lowest BCUT2D eigenvalue weighted by Crippen LogP contribution is -2.46. The number of rotatable bonds is 5. The zero-order valence-corrected chi connectivity index (χ0v) is 17.6. The molecule has 0 bridgehead atoms. The molecular weight excluding hydrogens is 346 g/mol. The highest BCUT2D eigenvalue weighted by molar-refractivity contribution is 8.00. The Morgan fingerprint density at radius 1 is 1.23 bits per heavy atom. The van der Waals surface area contributed by atoms with E-state index in [0.29, 0.717) is 11.3 Å². The van der Waals surface area contributed by atoms with Crippen molar-refractivity contribution in [2.45, 2.75) is 77.3 Å². The largest absolute Gasteiger partial charge is 0.461 e. The van der Waals surface area contributed by atoms with Crippen LogP contribution in [0.4, 0.5) is 0 Å². The summed E-state index contributed by atoms with van der Waals surface area (Å²) < 4.78 is 5.39. The van der Waals surface area contributed by atoms with Gasteiger partial charge in [0, 0.05) is 11.3 Å². The van der Waals surface area contributed by atoms with Crippen molar-refractivity contribution in [3.8, 4) is 0 Å². The van der Waals surface area contributed by atoms with Crippen LogP contribution in [-0.2, 0) is 14.9 Å². The fourth-order valence-electron chi connectivity index (χ4n) is 3.06. The number of nitrogens with zero attached hydrogens (tertiary/aromatic N) is 1. The molecule has 144 valence electrons. The Hall–Kier alpha value is -1.49. The van der Waals surface area contributed by atoms with Gasteiger partial charge in [-0.3, -0.25) is 4.79 Å². The number of amides is 1. The molecule has 2 rings (SSSR count). The van der Waals surface area contributed by atoms with Crippen molar-refractivity contribution in [3.05, 3.63) is 35.4 Å². The summed E-state index contributed by atoms with van der Waals surface area (Å²) in [5.74, 6) is 0.215. The zero-order valence-electron chi connectivity index (χ0n) is 16.7. The minimum Gasteiger partial charge on any atom is -0.461 e. The fourth-order valence-corrected chi connectivity index (χ4v) is 4.57. The number of hydrogen-bond donors (Lipinski definition) is 0. The van der Waals surface area contributed by atoms with Crippen molar-refractivity contribution >= 4 is 23.6 Å². The lowest BCUT2D eigenvalue weighted by Gasteiger charge is -2.29. The molecule has 0 radical (unpaired) electrons. The van der Waals surface area contributed by atoms with Crippen LogP contribution in [0.15, 0.2) is 24.3 Å². The minimum atomic E-state index is -0.506. The molecule has 4 nitrogen and oxygen atoms in total. The van der Waals surface area contributed by atoms with Gasteiger partial charge in [-0.2, -0.15) is 0 Å². The molecule has 2 atom stereocenters. The molecule has 1 aliphatic heterocycles. The molecule has 26 heavy (non-hydrogen) atoms. The monoisotopic (exact) mass is 377 g/mol. The van der Waals surface area contributed by atoms with Gasteiger partial charge in [-0.1, -0.05) is 46.2 Å². The summed E-state index contributed by atoms with van der Waals surface area (Å²) in [7, 11) is 0. The summed E-state index contributed by atoms with van der Waals surface area (Å²) in [6, 6.07) is 7.26. The maximum Gasteiger partial charge on any atom is 0.330 e. The third kappa shape index (κ3) is 4.81. The molecule has 0 saturated carbocycles. The second-order valence-electron chi connectivity index (χ2n) is 8.12. The van der Waals surface area contributed by atoms with Crippen LogP contribution >= 0.6 is 11.8 Å². The fraction of sp³-hybridized carbons (Fsp3) is 0.619. The lowest BCUT2D eigenvalue weighted by molar-refractivity contribution is -0.151. The van der Waals surface area contributed by atoms with E-state index >= 15 is 0 Å². The van der Waals surface area contributed by atoms with Crippen molar-refractivity contribution < 1.29 is 14.3 Å². The Labute approximate surface area is 161 Å². The van der Waals surface area contributed by atoms with Crippen LogP contribution in [0.5, 0.6) is 0 Å². The van der Waals surface area contributed by atoms with Crippen molar-refractivity contribution in [1.82, 2.24) is 4.90 Å². The van der Waals surface area contributed by atoms with Gasteiger partial charge in [0.2, 0.25) is 0 Å². The maximum atomic E-state index is 13.2. The van der Waals surface area contributed by atoms with Gasteiger partial charge in [-0.25, -0.2) is 4.79 Å². The first-order valence-electron chi connectivity index (χ1n) is 9.40. The first-order chi connectivity index (χ1) is 12.1. The molecule has 1 aromatic rings. The molecule has 1 aliphatic rings. The normalized spacial score (nSPS) is 20.5. The molecule has 1 saturated heterocycles. The van der Waals surface area contributed by atoms with Crippen LogP contribution in [0.3, 0.4) is 0 Å². The summed E-state index contributed by atoms with van der Waals surface area (Å²) >= 11 is 1.67. The molecule has 5 heteroatoms. The van der Waals surface area contributed by atoms with Gasteiger partial charge in [-0.05, 0) is 43.4 Å². The standard InChI is InChI=1S/C21H31NO3S/c1-7-8-18-22(17(13-26-18)20(24)25-14(2)3)19(23)15-9-11-16(12-10-15)21(4,5)6/h9-12,14,17-18H,7-8,13H2,1-6H3/t17-,18+/m0/s1.